The molecule has 7 nitrogen and oxygen atoms in total. The average molecular weight is 352 g/mol. The summed E-state index contributed by atoms with van der Waals surface area (Å²) in [5, 5.41) is 4.26. The molecule has 136 valence electrons. The maximum atomic E-state index is 5.84. The molecule has 3 aromatic heterocycles. The Hall–Kier alpha value is -2.51. The second-order valence-corrected chi connectivity index (χ2v) is 6.74. The summed E-state index contributed by atoms with van der Waals surface area (Å²) in [5.41, 5.74) is 3.31. The van der Waals surface area contributed by atoms with Gasteiger partial charge in [-0.05, 0) is 19.1 Å². The lowest BCUT2D eigenvalue weighted by Crippen LogP contribution is -2.37. The van der Waals surface area contributed by atoms with E-state index in [2.05, 4.69) is 37.7 Å². The number of hydrogen-bond acceptors (Lipinski definition) is 5. The number of nitrogens with zero attached hydrogens (tertiary/aromatic N) is 6. The molecule has 1 unspecified atom stereocenters. The molecule has 4 rings (SSSR count). The minimum Gasteiger partial charge on any atom is -0.369 e. The van der Waals surface area contributed by atoms with Gasteiger partial charge in [-0.2, -0.15) is 5.10 Å². The first-order valence-electron chi connectivity index (χ1n) is 8.94. The molecule has 7 heteroatoms. The molecular weight excluding hydrogens is 328 g/mol. The van der Waals surface area contributed by atoms with Crippen LogP contribution in [-0.2, 0) is 38.1 Å². The van der Waals surface area contributed by atoms with Crippen molar-refractivity contribution in [2.24, 2.45) is 7.05 Å². The Labute approximate surface area is 153 Å². The number of aromatic nitrogens is 5. The van der Waals surface area contributed by atoms with E-state index in [1.807, 2.05) is 42.3 Å². The van der Waals surface area contributed by atoms with Crippen LogP contribution in [0.25, 0.3) is 0 Å². The third-order valence-corrected chi connectivity index (χ3v) is 4.87. The van der Waals surface area contributed by atoms with Gasteiger partial charge in [0.1, 0.15) is 5.82 Å². The van der Waals surface area contributed by atoms with Crippen LogP contribution in [0.5, 0.6) is 0 Å². The van der Waals surface area contributed by atoms with Gasteiger partial charge < -0.3 is 9.30 Å². The van der Waals surface area contributed by atoms with E-state index in [0.29, 0.717) is 13.2 Å². The maximum absolute atomic E-state index is 5.84. The van der Waals surface area contributed by atoms with Gasteiger partial charge in [0.15, 0.2) is 0 Å². The highest BCUT2D eigenvalue weighted by atomic mass is 16.5. The van der Waals surface area contributed by atoms with Crippen molar-refractivity contribution in [2.75, 3.05) is 6.54 Å². The number of aryl methyl sites for hydroxylation is 1. The van der Waals surface area contributed by atoms with Crippen LogP contribution in [0.4, 0.5) is 0 Å². The van der Waals surface area contributed by atoms with Crippen LogP contribution in [0.15, 0.2) is 43.0 Å². The van der Waals surface area contributed by atoms with Gasteiger partial charge >= 0.3 is 0 Å². The molecule has 0 amide bonds. The second-order valence-electron chi connectivity index (χ2n) is 6.74. The van der Waals surface area contributed by atoms with Gasteiger partial charge in [-0.1, -0.05) is 6.07 Å². The Bertz CT molecular complexity index is 856. The van der Waals surface area contributed by atoms with Crippen LogP contribution in [0.2, 0.25) is 0 Å². The summed E-state index contributed by atoms with van der Waals surface area (Å²) < 4.78 is 9.99. The Morgan fingerprint density at radius 1 is 1.15 bits per heavy atom. The average Bonchev–Trinajstić information content (AvgIpc) is 3.25. The topological polar surface area (TPSA) is 61.0 Å². The molecule has 0 spiro atoms. The number of hydrogen-bond donors (Lipinski definition) is 0. The Morgan fingerprint density at radius 2 is 2.08 bits per heavy atom. The fourth-order valence-electron chi connectivity index (χ4n) is 3.47. The summed E-state index contributed by atoms with van der Waals surface area (Å²) in [7, 11) is 1.95. The minimum absolute atomic E-state index is 0.272. The van der Waals surface area contributed by atoms with E-state index in [-0.39, 0.29) is 6.04 Å². The van der Waals surface area contributed by atoms with E-state index >= 15 is 0 Å². The molecule has 1 atom stereocenters. The molecule has 0 bridgehead atoms. The first kappa shape index (κ1) is 16.9. The number of ether oxygens (including phenoxy) is 1. The van der Waals surface area contributed by atoms with Gasteiger partial charge in [0.05, 0.1) is 43.0 Å². The van der Waals surface area contributed by atoms with Crippen molar-refractivity contribution in [1.29, 1.82) is 0 Å². The summed E-state index contributed by atoms with van der Waals surface area (Å²) in [6.07, 6.45) is 7.74. The molecule has 0 radical (unpaired) electrons. The number of pyridine rings is 1. The normalized spacial score (nSPS) is 17.4. The molecule has 0 aromatic carbocycles. The van der Waals surface area contributed by atoms with Gasteiger partial charge in [-0.3, -0.25) is 14.6 Å². The summed E-state index contributed by atoms with van der Waals surface area (Å²) in [6, 6.07) is 6.14. The Balaban J connectivity index is 1.39. The van der Waals surface area contributed by atoms with Crippen molar-refractivity contribution in [3.8, 4) is 0 Å². The molecule has 0 saturated carbocycles. The number of rotatable bonds is 6. The molecule has 1 aliphatic heterocycles. The van der Waals surface area contributed by atoms with Crippen molar-refractivity contribution in [1.82, 2.24) is 29.2 Å². The van der Waals surface area contributed by atoms with E-state index in [1.54, 1.807) is 6.20 Å². The summed E-state index contributed by atoms with van der Waals surface area (Å²) in [5.74, 6) is 1.11. The molecule has 0 N–H and O–H groups in total. The van der Waals surface area contributed by atoms with Crippen LogP contribution < -0.4 is 0 Å². The first-order chi connectivity index (χ1) is 12.7. The number of imidazole rings is 1. The molecule has 3 aromatic rings. The standard InChI is InChI=1S/C19H24N6O/c1-15-19-21-10-18(14-26-13-17-5-3-4-6-20-17)25(19)8-7-24(15)12-16-9-22-23(2)11-16/h3-6,9-11,15H,7-8,12-14H2,1-2H3. The van der Waals surface area contributed by atoms with Gasteiger partial charge in [-0.15, -0.1) is 0 Å². The quantitative estimate of drug-likeness (QED) is 0.681. The molecule has 4 heterocycles. The second kappa shape index (κ2) is 7.39. The van der Waals surface area contributed by atoms with Crippen LogP contribution in [0, 0.1) is 0 Å². The fourth-order valence-corrected chi connectivity index (χ4v) is 3.47. The zero-order valence-electron chi connectivity index (χ0n) is 15.2. The van der Waals surface area contributed by atoms with Gasteiger partial charge in [0.25, 0.3) is 0 Å². The van der Waals surface area contributed by atoms with Crippen molar-refractivity contribution in [3.05, 3.63) is 65.8 Å². The lowest BCUT2D eigenvalue weighted by Gasteiger charge is -2.34. The van der Waals surface area contributed by atoms with E-state index in [0.717, 1.165) is 36.8 Å². The van der Waals surface area contributed by atoms with Crippen molar-refractivity contribution < 1.29 is 4.74 Å². The molecular formula is C19H24N6O. The van der Waals surface area contributed by atoms with Crippen LogP contribution in [0.3, 0.4) is 0 Å². The largest absolute Gasteiger partial charge is 0.369 e. The summed E-state index contributed by atoms with van der Waals surface area (Å²) in [6.45, 7) is 6.11. The summed E-state index contributed by atoms with van der Waals surface area (Å²) in [4.78, 5) is 11.4. The summed E-state index contributed by atoms with van der Waals surface area (Å²) >= 11 is 0. The molecule has 1 aliphatic rings. The SMILES string of the molecule is CC1c2ncc(COCc3ccccn3)n2CCN1Cc1cnn(C)c1. The smallest absolute Gasteiger partial charge is 0.126 e. The fraction of sp³-hybridized carbons (Fsp3) is 0.421. The zero-order chi connectivity index (χ0) is 17.9. The minimum atomic E-state index is 0.272. The Morgan fingerprint density at radius 3 is 2.85 bits per heavy atom. The lowest BCUT2D eigenvalue weighted by molar-refractivity contribution is 0.0948. The highest BCUT2D eigenvalue weighted by Gasteiger charge is 2.27. The monoisotopic (exact) mass is 352 g/mol. The molecule has 26 heavy (non-hydrogen) atoms. The van der Waals surface area contributed by atoms with Crippen molar-refractivity contribution >= 4 is 0 Å². The van der Waals surface area contributed by atoms with Crippen molar-refractivity contribution in [3.63, 3.8) is 0 Å². The van der Waals surface area contributed by atoms with Crippen molar-refractivity contribution in [2.45, 2.75) is 39.3 Å². The van der Waals surface area contributed by atoms with Crippen LogP contribution >= 0.6 is 0 Å². The third-order valence-electron chi connectivity index (χ3n) is 4.87. The zero-order valence-corrected chi connectivity index (χ0v) is 15.2. The first-order valence-corrected chi connectivity index (χ1v) is 8.94. The van der Waals surface area contributed by atoms with E-state index in [1.165, 1.54) is 5.56 Å². The highest BCUT2D eigenvalue weighted by molar-refractivity contribution is 5.12. The predicted octanol–water partition coefficient (Wildman–Crippen LogP) is 2.31. The van der Waals surface area contributed by atoms with Gasteiger partial charge in [-0.25, -0.2) is 4.98 Å². The molecule has 0 saturated heterocycles. The predicted molar refractivity (Wildman–Crippen MR) is 97.0 cm³/mol. The van der Waals surface area contributed by atoms with Crippen LogP contribution in [-0.4, -0.2) is 35.8 Å². The van der Waals surface area contributed by atoms with E-state index < -0.39 is 0 Å². The maximum Gasteiger partial charge on any atom is 0.126 e. The van der Waals surface area contributed by atoms with E-state index in [9.17, 15) is 0 Å². The van der Waals surface area contributed by atoms with Crippen LogP contribution in [0.1, 0.15) is 35.7 Å². The van der Waals surface area contributed by atoms with Gasteiger partial charge in [0, 0.05) is 44.6 Å². The van der Waals surface area contributed by atoms with E-state index in [4.69, 9.17) is 4.74 Å². The third kappa shape index (κ3) is 3.54. The number of fused-ring (bicyclic) bond motifs is 1. The highest BCUT2D eigenvalue weighted by Crippen LogP contribution is 2.27. The molecule has 0 aliphatic carbocycles. The lowest BCUT2D eigenvalue weighted by atomic mass is 10.2. The van der Waals surface area contributed by atoms with Gasteiger partial charge in [0.2, 0.25) is 0 Å². The Kier molecular flexibility index (Phi) is 4.81. The molecule has 0 fully saturated rings.